The molecule has 1 aliphatic heterocycles. The lowest BCUT2D eigenvalue weighted by Crippen LogP contribution is -2.47. The van der Waals surface area contributed by atoms with Gasteiger partial charge in [-0.15, -0.1) is 0 Å². The van der Waals surface area contributed by atoms with Crippen molar-refractivity contribution in [1.29, 1.82) is 0 Å². The number of pyridine rings is 1. The number of rotatable bonds is 5. The van der Waals surface area contributed by atoms with E-state index >= 15 is 0 Å². The van der Waals surface area contributed by atoms with E-state index in [4.69, 9.17) is 0 Å². The smallest absolute Gasteiger partial charge is 0.267 e. The van der Waals surface area contributed by atoms with Crippen LogP contribution in [0.1, 0.15) is 86.3 Å². The molecule has 29 heavy (non-hydrogen) atoms. The van der Waals surface area contributed by atoms with Crippen LogP contribution in [-0.4, -0.2) is 34.1 Å². The number of nitrogens with zero attached hydrogens (tertiary/aromatic N) is 1. The maximum Gasteiger partial charge on any atom is 0.267 e. The fraction of sp³-hybridized carbons (Fsp3) is 0.682. The first-order valence-corrected chi connectivity index (χ1v) is 11.1. The highest BCUT2D eigenvalue weighted by molar-refractivity contribution is 5.99. The van der Waals surface area contributed by atoms with Gasteiger partial charge in [-0.05, 0) is 51.4 Å². The zero-order chi connectivity index (χ0) is 20.8. The van der Waals surface area contributed by atoms with Crippen LogP contribution in [-0.2, 0) is 24.2 Å². The van der Waals surface area contributed by atoms with Crippen molar-refractivity contribution in [3.8, 4) is 5.75 Å². The molecule has 0 radical (unpaired) electrons. The van der Waals surface area contributed by atoms with Gasteiger partial charge in [-0.25, -0.2) is 0 Å². The average molecular weight is 404 g/mol. The first kappa shape index (κ1) is 21.4. The fourth-order valence-corrected chi connectivity index (χ4v) is 4.37. The van der Waals surface area contributed by atoms with Crippen molar-refractivity contribution in [2.45, 2.75) is 90.1 Å². The normalized spacial score (nSPS) is 20.0. The van der Waals surface area contributed by atoms with E-state index in [1.54, 1.807) is 4.57 Å². The molecule has 0 spiro atoms. The minimum Gasteiger partial charge on any atom is -0.507 e. The number of hydrogen-bond acceptors (Lipinski definition) is 4. The highest BCUT2D eigenvalue weighted by Crippen LogP contribution is 2.29. The van der Waals surface area contributed by atoms with Crippen LogP contribution in [0.5, 0.6) is 5.75 Å². The summed E-state index contributed by atoms with van der Waals surface area (Å²) in [5.74, 6) is -1.07. The Kier molecular flexibility index (Phi) is 7.34. The molecule has 1 atom stereocenters. The quantitative estimate of drug-likeness (QED) is 0.703. The molecule has 2 aliphatic rings. The van der Waals surface area contributed by atoms with E-state index < -0.39 is 17.5 Å². The van der Waals surface area contributed by atoms with Crippen LogP contribution >= 0.6 is 0 Å². The summed E-state index contributed by atoms with van der Waals surface area (Å²) in [4.78, 5) is 38.5. The molecule has 1 saturated heterocycles. The van der Waals surface area contributed by atoms with Crippen LogP contribution in [0, 0.1) is 0 Å². The Labute approximate surface area is 171 Å². The van der Waals surface area contributed by atoms with E-state index in [0.29, 0.717) is 25.9 Å². The zero-order valence-corrected chi connectivity index (χ0v) is 17.4. The van der Waals surface area contributed by atoms with Crippen LogP contribution in [0.25, 0.3) is 0 Å². The highest BCUT2D eigenvalue weighted by Gasteiger charge is 2.29. The Morgan fingerprint density at radius 1 is 1.14 bits per heavy atom. The van der Waals surface area contributed by atoms with E-state index in [2.05, 4.69) is 17.6 Å². The average Bonchev–Trinajstić information content (AvgIpc) is 2.87. The Morgan fingerprint density at radius 3 is 2.66 bits per heavy atom. The third-order valence-corrected chi connectivity index (χ3v) is 6.05. The molecule has 1 unspecified atom stereocenters. The van der Waals surface area contributed by atoms with E-state index in [0.717, 1.165) is 69.0 Å². The maximum atomic E-state index is 13.2. The summed E-state index contributed by atoms with van der Waals surface area (Å²) >= 11 is 0. The number of carbonyl (C=O) groups is 2. The molecule has 3 N–H and O–H groups in total. The summed E-state index contributed by atoms with van der Waals surface area (Å²) in [6.45, 7) is 3.20. The number of fused-ring (bicyclic) bond motifs is 1. The molecule has 2 heterocycles. The van der Waals surface area contributed by atoms with Crippen molar-refractivity contribution in [2.24, 2.45) is 0 Å². The second-order valence-electron chi connectivity index (χ2n) is 8.19. The molecule has 2 amide bonds. The van der Waals surface area contributed by atoms with Crippen LogP contribution < -0.4 is 16.2 Å². The van der Waals surface area contributed by atoms with Gasteiger partial charge in [0, 0.05) is 24.3 Å². The lowest BCUT2D eigenvalue weighted by atomic mass is 9.94. The van der Waals surface area contributed by atoms with Crippen molar-refractivity contribution in [2.75, 3.05) is 6.54 Å². The van der Waals surface area contributed by atoms with Gasteiger partial charge in [0.1, 0.15) is 17.4 Å². The Morgan fingerprint density at radius 2 is 1.90 bits per heavy atom. The fourth-order valence-electron chi connectivity index (χ4n) is 4.37. The first-order valence-electron chi connectivity index (χ1n) is 11.1. The number of aromatic nitrogens is 1. The number of aromatic hydroxyl groups is 1. The van der Waals surface area contributed by atoms with Crippen molar-refractivity contribution < 1.29 is 14.7 Å². The topological polar surface area (TPSA) is 100 Å². The summed E-state index contributed by atoms with van der Waals surface area (Å²) in [5, 5.41) is 16.4. The van der Waals surface area contributed by atoms with E-state index in [9.17, 15) is 19.5 Å². The molecule has 0 bridgehead atoms. The molecule has 1 aromatic heterocycles. The molecular formula is C22H33N3O4. The van der Waals surface area contributed by atoms with Gasteiger partial charge in [-0.2, -0.15) is 0 Å². The second kappa shape index (κ2) is 9.94. The van der Waals surface area contributed by atoms with Crippen LogP contribution in [0.2, 0.25) is 0 Å². The van der Waals surface area contributed by atoms with Gasteiger partial charge < -0.3 is 20.3 Å². The van der Waals surface area contributed by atoms with Gasteiger partial charge in [0.25, 0.3) is 11.5 Å². The summed E-state index contributed by atoms with van der Waals surface area (Å²) in [7, 11) is 0. The Balaban J connectivity index is 2.00. The molecule has 1 aliphatic carbocycles. The van der Waals surface area contributed by atoms with Gasteiger partial charge in [0.2, 0.25) is 5.91 Å². The van der Waals surface area contributed by atoms with Gasteiger partial charge in [-0.1, -0.05) is 26.2 Å². The minimum atomic E-state index is -0.671. The monoisotopic (exact) mass is 403 g/mol. The number of hydrogen-bond donors (Lipinski definition) is 3. The predicted octanol–water partition coefficient (Wildman–Crippen LogP) is 2.41. The lowest BCUT2D eigenvalue weighted by molar-refractivity contribution is -0.122. The van der Waals surface area contributed by atoms with Crippen LogP contribution in [0.4, 0.5) is 0 Å². The van der Waals surface area contributed by atoms with Crippen molar-refractivity contribution in [3.05, 3.63) is 27.2 Å². The lowest BCUT2D eigenvalue weighted by Gasteiger charge is -2.23. The maximum absolute atomic E-state index is 13.2. The van der Waals surface area contributed by atoms with Gasteiger partial charge in [0.05, 0.1) is 0 Å². The molecular weight excluding hydrogens is 370 g/mol. The van der Waals surface area contributed by atoms with Gasteiger partial charge in [-0.3, -0.25) is 14.4 Å². The number of carbonyl (C=O) groups excluding carboxylic acids is 2. The van der Waals surface area contributed by atoms with Crippen molar-refractivity contribution >= 4 is 11.8 Å². The molecule has 7 heteroatoms. The minimum absolute atomic E-state index is 0.189. The van der Waals surface area contributed by atoms with Crippen LogP contribution in [0.15, 0.2) is 4.79 Å². The molecule has 160 valence electrons. The van der Waals surface area contributed by atoms with E-state index in [-0.39, 0.29) is 17.2 Å². The van der Waals surface area contributed by atoms with E-state index in [1.807, 2.05) is 0 Å². The molecule has 0 aromatic carbocycles. The first-order chi connectivity index (χ1) is 14.0. The molecule has 1 fully saturated rings. The Bertz CT molecular complexity index is 815. The van der Waals surface area contributed by atoms with Crippen molar-refractivity contribution in [3.63, 3.8) is 0 Å². The SMILES string of the molecule is CCCCn1c2c(c(O)c(C(=O)NC3CCCCNC3=O)c1=O)CCCCCC2. The van der Waals surface area contributed by atoms with Crippen LogP contribution in [0.3, 0.4) is 0 Å². The van der Waals surface area contributed by atoms with Crippen molar-refractivity contribution in [1.82, 2.24) is 15.2 Å². The number of unbranched alkanes of at least 4 members (excludes halogenated alkanes) is 1. The molecule has 7 nitrogen and oxygen atoms in total. The Hall–Kier alpha value is -2.31. The summed E-state index contributed by atoms with van der Waals surface area (Å²) in [5.41, 5.74) is 0.958. The molecule has 3 rings (SSSR count). The molecule has 0 saturated carbocycles. The highest BCUT2D eigenvalue weighted by atomic mass is 16.3. The summed E-state index contributed by atoms with van der Waals surface area (Å²) < 4.78 is 1.70. The predicted molar refractivity (Wildman–Crippen MR) is 111 cm³/mol. The zero-order valence-electron chi connectivity index (χ0n) is 17.4. The standard InChI is InChI=1S/C22H33N3O4/c1-2-3-14-25-17-12-7-5-4-6-10-15(17)19(26)18(22(25)29)21(28)24-16-11-8-9-13-23-20(16)27/h16,26H,2-14H2,1H3,(H,23,27)(H,24,28). The number of amides is 2. The van der Waals surface area contributed by atoms with E-state index in [1.165, 1.54) is 0 Å². The molecule has 1 aromatic rings. The second-order valence-corrected chi connectivity index (χ2v) is 8.19. The summed E-state index contributed by atoms with van der Waals surface area (Å²) in [6.07, 6.45) is 9.50. The largest absolute Gasteiger partial charge is 0.507 e. The van der Waals surface area contributed by atoms with Gasteiger partial charge >= 0.3 is 0 Å². The third-order valence-electron chi connectivity index (χ3n) is 6.05. The van der Waals surface area contributed by atoms with Gasteiger partial charge in [0.15, 0.2) is 0 Å². The summed E-state index contributed by atoms with van der Waals surface area (Å²) in [6, 6.07) is -0.671. The number of nitrogens with one attached hydrogen (secondary N) is 2. The third kappa shape index (κ3) is 4.82.